The Morgan fingerprint density at radius 1 is 1.23 bits per heavy atom. The number of hydrogen-bond donors (Lipinski definition) is 1. The summed E-state index contributed by atoms with van der Waals surface area (Å²) in [7, 11) is 2.02. The predicted octanol–water partition coefficient (Wildman–Crippen LogP) is 4.27. The molecule has 1 amide bonds. The molecule has 0 atom stereocenters. The van der Waals surface area contributed by atoms with Crippen LogP contribution < -0.4 is 0 Å². The van der Waals surface area contributed by atoms with Crippen LogP contribution in [0.4, 0.5) is 4.39 Å². The first-order valence-electron chi connectivity index (χ1n) is 10.3. The number of rotatable bonds is 5. The Bertz CT molecular complexity index is 1200. The number of halogens is 1. The van der Waals surface area contributed by atoms with Gasteiger partial charge < -0.3 is 9.88 Å². The Kier molecular flexibility index (Phi) is 5.04. The molecule has 30 heavy (non-hydrogen) atoms. The van der Waals surface area contributed by atoms with Crippen LogP contribution in [0.3, 0.4) is 0 Å². The van der Waals surface area contributed by atoms with Gasteiger partial charge in [-0.3, -0.25) is 14.1 Å². The SMILES string of the molecule is CN(Cc1cc2cc(F)ccc2[nH]1)Cc1c(C(=O)N2CCCCC2)nc2sccn12. The van der Waals surface area contributed by atoms with Crippen molar-refractivity contribution in [3.63, 3.8) is 0 Å². The van der Waals surface area contributed by atoms with E-state index in [0.717, 1.165) is 53.2 Å². The molecule has 1 N–H and O–H groups in total. The molecule has 156 valence electrons. The number of thiazole rings is 1. The molecule has 0 aliphatic carbocycles. The Balaban J connectivity index is 1.39. The lowest BCUT2D eigenvalue weighted by Crippen LogP contribution is -2.36. The number of aromatic amines is 1. The first-order chi connectivity index (χ1) is 14.6. The van der Waals surface area contributed by atoms with Crippen LogP contribution in [-0.2, 0) is 13.1 Å². The van der Waals surface area contributed by atoms with Crippen LogP contribution in [0, 0.1) is 5.82 Å². The van der Waals surface area contributed by atoms with Crippen molar-refractivity contribution in [2.24, 2.45) is 0 Å². The van der Waals surface area contributed by atoms with E-state index in [4.69, 9.17) is 0 Å². The van der Waals surface area contributed by atoms with Crippen LogP contribution in [-0.4, -0.2) is 50.2 Å². The van der Waals surface area contributed by atoms with Crippen molar-refractivity contribution in [1.29, 1.82) is 0 Å². The molecule has 3 aromatic heterocycles. The third-order valence-corrected chi connectivity index (χ3v) is 6.46. The third-order valence-electron chi connectivity index (χ3n) is 5.71. The summed E-state index contributed by atoms with van der Waals surface area (Å²) < 4.78 is 15.5. The van der Waals surface area contributed by atoms with Gasteiger partial charge in [0, 0.05) is 54.4 Å². The summed E-state index contributed by atoms with van der Waals surface area (Å²) >= 11 is 1.54. The average molecular weight is 426 g/mol. The summed E-state index contributed by atoms with van der Waals surface area (Å²) in [4.78, 5) is 26.1. The lowest BCUT2D eigenvalue weighted by atomic mass is 10.1. The summed E-state index contributed by atoms with van der Waals surface area (Å²) in [6.07, 6.45) is 5.29. The molecule has 6 nitrogen and oxygen atoms in total. The standard InChI is InChI=1S/C22H24FN5OS/c1-26(13-17-12-15-11-16(23)5-6-18(15)24-17)14-19-20(25-22-28(19)9-10-30-22)21(29)27-7-3-2-4-8-27/h5-6,9-12,24H,2-4,7-8,13-14H2,1H3. The molecule has 1 aromatic carbocycles. The molecule has 4 aromatic rings. The zero-order chi connectivity index (χ0) is 20.7. The van der Waals surface area contributed by atoms with E-state index in [0.29, 0.717) is 18.8 Å². The van der Waals surface area contributed by atoms with Crippen molar-refractivity contribution < 1.29 is 9.18 Å². The summed E-state index contributed by atoms with van der Waals surface area (Å²) in [6.45, 7) is 2.87. The fourth-order valence-electron chi connectivity index (χ4n) is 4.25. The van der Waals surface area contributed by atoms with Gasteiger partial charge in [0.25, 0.3) is 5.91 Å². The van der Waals surface area contributed by atoms with E-state index in [1.807, 2.05) is 34.0 Å². The van der Waals surface area contributed by atoms with Gasteiger partial charge in [-0.15, -0.1) is 11.3 Å². The Hall–Kier alpha value is -2.71. The number of fused-ring (bicyclic) bond motifs is 2. The molecule has 0 spiro atoms. The molecule has 1 fully saturated rings. The van der Waals surface area contributed by atoms with Crippen molar-refractivity contribution in [2.45, 2.75) is 32.4 Å². The van der Waals surface area contributed by atoms with E-state index in [1.165, 1.54) is 18.6 Å². The minimum Gasteiger partial charge on any atom is -0.357 e. The number of aromatic nitrogens is 3. The summed E-state index contributed by atoms with van der Waals surface area (Å²) in [5, 5.41) is 2.86. The minimum atomic E-state index is -0.235. The molecule has 1 aliphatic heterocycles. The highest BCUT2D eigenvalue weighted by Gasteiger charge is 2.26. The number of piperidine rings is 1. The number of nitrogens with one attached hydrogen (secondary N) is 1. The van der Waals surface area contributed by atoms with Crippen molar-refractivity contribution in [1.82, 2.24) is 24.2 Å². The van der Waals surface area contributed by atoms with E-state index in [-0.39, 0.29) is 11.7 Å². The highest BCUT2D eigenvalue weighted by atomic mass is 32.1. The number of carbonyl (C=O) groups excluding carboxylic acids is 1. The number of carbonyl (C=O) groups is 1. The molecule has 1 saturated heterocycles. The number of likely N-dealkylation sites (tertiary alicyclic amines) is 1. The summed E-state index contributed by atoms with van der Waals surface area (Å²) in [6, 6.07) is 6.74. The monoisotopic (exact) mass is 425 g/mol. The first kappa shape index (κ1) is 19.3. The molecule has 0 radical (unpaired) electrons. The van der Waals surface area contributed by atoms with E-state index in [2.05, 4.69) is 14.9 Å². The van der Waals surface area contributed by atoms with E-state index in [1.54, 1.807) is 17.4 Å². The van der Waals surface area contributed by atoms with E-state index >= 15 is 0 Å². The van der Waals surface area contributed by atoms with Crippen LogP contribution in [0.25, 0.3) is 15.9 Å². The van der Waals surface area contributed by atoms with Crippen molar-refractivity contribution in [2.75, 3.05) is 20.1 Å². The summed E-state index contributed by atoms with van der Waals surface area (Å²) in [5.74, 6) is -0.198. The fraction of sp³-hybridized carbons (Fsp3) is 0.364. The molecular weight excluding hydrogens is 401 g/mol. The zero-order valence-electron chi connectivity index (χ0n) is 16.9. The molecule has 4 heterocycles. The van der Waals surface area contributed by atoms with Gasteiger partial charge in [0.15, 0.2) is 10.7 Å². The van der Waals surface area contributed by atoms with Gasteiger partial charge in [-0.05, 0) is 50.6 Å². The second kappa shape index (κ2) is 7.85. The second-order valence-electron chi connectivity index (χ2n) is 8.01. The normalized spacial score (nSPS) is 15.0. The van der Waals surface area contributed by atoms with Crippen LogP contribution in [0.5, 0.6) is 0 Å². The molecule has 1 aliphatic rings. The lowest BCUT2D eigenvalue weighted by molar-refractivity contribution is 0.0716. The average Bonchev–Trinajstić information content (AvgIpc) is 3.43. The molecule has 5 rings (SSSR count). The van der Waals surface area contributed by atoms with Gasteiger partial charge in [-0.1, -0.05) is 0 Å². The third kappa shape index (κ3) is 3.61. The van der Waals surface area contributed by atoms with Crippen LogP contribution in [0.1, 0.15) is 41.1 Å². The van der Waals surface area contributed by atoms with Crippen LogP contribution >= 0.6 is 11.3 Å². The minimum absolute atomic E-state index is 0.0371. The van der Waals surface area contributed by atoms with E-state index in [9.17, 15) is 9.18 Å². The van der Waals surface area contributed by atoms with E-state index < -0.39 is 0 Å². The maximum absolute atomic E-state index is 13.5. The molecule has 0 bridgehead atoms. The maximum atomic E-state index is 13.5. The second-order valence-corrected chi connectivity index (χ2v) is 8.89. The van der Waals surface area contributed by atoms with Gasteiger partial charge in [0.05, 0.1) is 5.69 Å². The Morgan fingerprint density at radius 2 is 2.07 bits per heavy atom. The molecule has 8 heteroatoms. The number of imidazole rings is 1. The van der Waals surface area contributed by atoms with Gasteiger partial charge in [-0.25, -0.2) is 9.37 Å². The summed E-state index contributed by atoms with van der Waals surface area (Å²) in [5.41, 5.74) is 3.42. The fourth-order valence-corrected chi connectivity index (χ4v) is 4.99. The van der Waals surface area contributed by atoms with Gasteiger partial charge in [0.1, 0.15) is 5.82 Å². The van der Waals surface area contributed by atoms with Gasteiger partial charge in [-0.2, -0.15) is 0 Å². The highest BCUT2D eigenvalue weighted by molar-refractivity contribution is 7.15. The van der Waals surface area contributed by atoms with Gasteiger partial charge in [0.2, 0.25) is 0 Å². The largest absolute Gasteiger partial charge is 0.357 e. The number of benzene rings is 1. The number of nitrogens with zero attached hydrogens (tertiary/aromatic N) is 4. The Labute approximate surface area is 177 Å². The number of H-pyrrole nitrogens is 1. The highest BCUT2D eigenvalue weighted by Crippen LogP contribution is 2.23. The van der Waals surface area contributed by atoms with Crippen molar-refractivity contribution in [3.8, 4) is 0 Å². The smallest absolute Gasteiger partial charge is 0.274 e. The molecular formula is C22H24FN5OS. The number of hydrogen-bond acceptors (Lipinski definition) is 4. The predicted molar refractivity (Wildman–Crippen MR) is 116 cm³/mol. The number of amides is 1. The van der Waals surface area contributed by atoms with Crippen LogP contribution in [0.2, 0.25) is 0 Å². The van der Waals surface area contributed by atoms with Gasteiger partial charge >= 0.3 is 0 Å². The Morgan fingerprint density at radius 3 is 2.90 bits per heavy atom. The topological polar surface area (TPSA) is 56.6 Å². The molecule has 0 unspecified atom stereocenters. The zero-order valence-corrected chi connectivity index (χ0v) is 17.7. The first-order valence-corrected chi connectivity index (χ1v) is 11.2. The van der Waals surface area contributed by atoms with Crippen molar-refractivity contribution >= 4 is 33.1 Å². The van der Waals surface area contributed by atoms with Crippen LogP contribution in [0.15, 0.2) is 35.8 Å². The van der Waals surface area contributed by atoms with Crippen molar-refractivity contribution in [3.05, 3.63) is 58.7 Å². The molecule has 0 saturated carbocycles. The lowest BCUT2D eigenvalue weighted by Gasteiger charge is -2.26. The quantitative estimate of drug-likeness (QED) is 0.519. The maximum Gasteiger partial charge on any atom is 0.274 e.